The van der Waals surface area contributed by atoms with Gasteiger partial charge in [-0.1, -0.05) is 35.3 Å². The van der Waals surface area contributed by atoms with Gasteiger partial charge < -0.3 is 4.90 Å². The van der Waals surface area contributed by atoms with Crippen molar-refractivity contribution in [1.29, 1.82) is 0 Å². The molecule has 5 rings (SSSR count). The summed E-state index contributed by atoms with van der Waals surface area (Å²) in [6.07, 6.45) is 0.421. The second kappa shape index (κ2) is 12.2. The molecule has 214 valence electrons. The molecular formula is C28H30Cl2F4N6. The Bertz CT molecular complexity index is 1300. The highest BCUT2D eigenvalue weighted by molar-refractivity contribution is 6.42. The summed E-state index contributed by atoms with van der Waals surface area (Å²) in [7, 11) is 1.92. The van der Waals surface area contributed by atoms with Gasteiger partial charge in [0.2, 0.25) is 0 Å². The third kappa shape index (κ3) is 6.69. The van der Waals surface area contributed by atoms with Crippen LogP contribution in [0.15, 0.2) is 55.0 Å². The number of piperazine rings is 1. The van der Waals surface area contributed by atoms with E-state index in [1.54, 1.807) is 24.7 Å². The monoisotopic (exact) mass is 596 g/mol. The van der Waals surface area contributed by atoms with Crippen LogP contribution in [0.4, 0.5) is 23.4 Å². The van der Waals surface area contributed by atoms with E-state index in [0.717, 1.165) is 69.5 Å². The van der Waals surface area contributed by atoms with Crippen molar-refractivity contribution < 1.29 is 17.6 Å². The van der Waals surface area contributed by atoms with Gasteiger partial charge in [-0.2, -0.15) is 13.2 Å². The van der Waals surface area contributed by atoms with Crippen molar-refractivity contribution in [2.24, 2.45) is 0 Å². The highest BCUT2D eigenvalue weighted by atomic mass is 35.5. The maximum atomic E-state index is 14.3. The summed E-state index contributed by atoms with van der Waals surface area (Å²) in [5, 5.41) is 0.954. The molecule has 0 aliphatic carbocycles. The summed E-state index contributed by atoms with van der Waals surface area (Å²) in [6.45, 7) is 6.09. The number of likely N-dealkylation sites (N-methyl/N-ethyl adjacent to an activating group) is 1. The van der Waals surface area contributed by atoms with Crippen molar-refractivity contribution in [3.8, 4) is 0 Å². The van der Waals surface area contributed by atoms with Crippen LogP contribution >= 0.6 is 23.2 Å². The number of benzene rings is 2. The molecule has 0 N–H and O–H groups in total. The molecule has 0 amide bonds. The van der Waals surface area contributed by atoms with Gasteiger partial charge in [0, 0.05) is 70.2 Å². The predicted octanol–water partition coefficient (Wildman–Crippen LogP) is 5.62. The largest absolute Gasteiger partial charge is 0.419 e. The Morgan fingerprint density at radius 3 is 2.38 bits per heavy atom. The third-order valence-electron chi connectivity index (χ3n) is 7.72. The van der Waals surface area contributed by atoms with Crippen LogP contribution in [0.3, 0.4) is 0 Å². The molecule has 1 aromatic heterocycles. The Labute approximate surface area is 241 Å². The minimum atomic E-state index is -4.72. The van der Waals surface area contributed by atoms with E-state index in [0.29, 0.717) is 22.2 Å². The molecule has 2 fully saturated rings. The summed E-state index contributed by atoms with van der Waals surface area (Å²) >= 11 is 12.5. The average molecular weight is 597 g/mol. The first-order valence-electron chi connectivity index (χ1n) is 13.0. The van der Waals surface area contributed by atoms with Crippen LogP contribution in [0.2, 0.25) is 10.0 Å². The minimum absolute atomic E-state index is 0.0310. The Morgan fingerprint density at radius 1 is 0.950 bits per heavy atom. The number of halogens is 6. The molecule has 2 aliphatic rings. The second-order valence-electron chi connectivity index (χ2n) is 10.4. The van der Waals surface area contributed by atoms with Crippen LogP contribution in [0.25, 0.3) is 0 Å². The molecule has 0 spiro atoms. The molecule has 0 bridgehead atoms. The average Bonchev–Trinajstić information content (AvgIpc) is 3.34. The smallest absolute Gasteiger partial charge is 0.353 e. The lowest BCUT2D eigenvalue weighted by Crippen LogP contribution is -2.50. The maximum Gasteiger partial charge on any atom is 0.419 e. The van der Waals surface area contributed by atoms with Crippen LogP contribution in [-0.4, -0.2) is 83.7 Å². The van der Waals surface area contributed by atoms with Gasteiger partial charge in [-0.25, -0.2) is 9.37 Å². The van der Waals surface area contributed by atoms with E-state index >= 15 is 0 Å². The van der Waals surface area contributed by atoms with Gasteiger partial charge in [0.1, 0.15) is 11.6 Å². The van der Waals surface area contributed by atoms with Crippen molar-refractivity contribution in [2.45, 2.75) is 24.7 Å². The van der Waals surface area contributed by atoms with Crippen molar-refractivity contribution in [3.63, 3.8) is 0 Å². The lowest BCUT2D eigenvalue weighted by molar-refractivity contribution is -0.140. The molecule has 0 saturated carbocycles. The minimum Gasteiger partial charge on any atom is -0.353 e. The first-order valence-corrected chi connectivity index (χ1v) is 13.8. The van der Waals surface area contributed by atoms with Crippen molar-refractivity contribution >= 4 is 29.0 Å². The Hall–Kier alpha value is -2.50. The topological polar surface area (TPSA) is 38.7 Å². The van der Waals surface area contributed by atoms with E-state index in [-0.39, 0.29) is 12.0 Å². The van der Waals surface area contributed by atoms with Crippen LogP contribution in [0, 0.1) is 5.82 Å². The summed E-state index contributed by atoms with van der Waals surface area (Å²) in [6, 6.07) is 8.82. The summed E-state index contributed by atoms with van der Waals surface area (Å²) in [4.78, 5) is 17.7. The van der Waals surface area contributed by atoms with Crippen molar-refractivity contribution in [1.82, 2.24) is 24.7 Å². The highest BCUT2D eigenvalue weighted by Gasteiger charge is 2.38. The fourth-order valence-corrected chi connectivity index (χ4v) is 5.95. The summed E-state index contributed by atoms with van der Waals surface area (Å²) < 4.78 is 53.4. The molecule has 2 unspecified atom stereocenters. The molecule has 3 aromatic rings. The van der Waals surface area contributed by atoms with E-state index in [1.807, 2.05) is 19.2 Å². The molecular weight excluding hydrogens is 567 g/mol. The fourth-order valence-electron chi connectivity index (χ4n) is 5.65. The number of nitrogens with zero attached hydrogens (tertiary/aromatic N) is 6. The number of hydrogen-bond acceptors (Lipinski definition) is 6. The lowest BCUT2D eigenvalue weighted by atomic mass is 9.93. The van der Waals surface area contributed by atoms with E-state index in [2.05, 4.69) is 29.6 Å². The van der Waals surface area contributed by atoms with Gasteiger partial charge in [0.05, 0.1) is 28.5 Å². The zero-order chi connectivity index (χ0) is 28.4. The molecule has 2 aliphatic heterocycles. The molecule has 2 atom stereocenters. The number of anilines is 1. The molecule has 2 aromatic carbocycles. The highest BCUT2D eigenvalue weighted by Crippen LogP contribution is 2.36. The quantitative estimate of drug-likeness (QED) is 0.330. The van der Waals surface area contributed by atoms with Gasteiger partial charge in [-0.3, -0.25) is 19.7 Å². The Morgan fingerprint density at radius 2 is 1.73 bits per heavy atom. The third-order valence-corrected chi connectivity index (χ3v) is 8.46. The summed E-state index contributed by atoms with van der Waals surface area (Å²) in [5.74, 6) is -0.294. The van der Waals surface area contributed by atoms with E-state index in [1.165, 1.54) is 6.07 Å². The van der Waals surface area contributed by atoms with Gasteiger partial charge >= 0.3 is 6.18 Å². The van der Waals surface area contributed by atoms with Crippen LogP contribution < -0.4 is 4.90 Å². The zero-order valence-corrected chi connectivity index (χ0v) is 23.5. The normalized spacial score (nSPS) is 20.9. The van der Waals surface area contributed by atoms with Crippen molar-refractivity contribution in [2.75, 3.05) is 57.9 Å². The maximum absolute atomic E-state index is 14.3. The first-order chi connectivity index (χ1) is 19.1. The molecule has 40 heavy (non-hydrogen) atoms. The number of likely N-dealkylation sites (tertiary alicyclic amines) is 1. The predicted molar refractivity (Wildman–Crippen MR) is 148 cm³/mol. The van der Waals surface area contributed by atoms with Gasteiger partial charge in [-0.05, 0) is 42.4 Å². The second-order valence-corrected chi connectivity index (χ2v) is 11.2. The fraction of sp³-hybridized carbons (Fsp3) is 0.429. The first kappa shape index (κ1) is 29.0. The van der Waals surface area contributed by atoms with Gasteiger partial charge in [0.15, 0.2) is 0 Å². The number of aromatic nitrogens is 2. The lowest BCUT2D eigenvalue weighted by Gasteiger charge is -2.37. The Balaban J connectivity index is 1.28. The number of alkyl halides is 3. The van der Waals surface area contributed by atoms with E-state index < -0.39 is 17.6 Å². The van der Waals surface area contributed by atoms with Crippen LogP contribution in [0.1, 0.15) is 22.6 Å². The number of rotatable bonds is 7. The van der Waals surface area contributed by atoms with Gasteiger partial charge in [-0.15, -0.1) is 0 Å². The molecule has 0 radical (unpaired) electrons. The molecule has 6 nitrogen and oxygen atoms in total. The van der Waals surface area contributed by atoms with E-state index in [4.69, 9.17) is 23.2 Å². The van der Waals surface area contributed by atoms with Crippen molar-refractivity contribution in [3.05, 3.63) is 87.5 Å². The van der Waals surface area contributed by atoms with Crippen LogP contribution in [0.5, 0.6) is 0 Å². The standard InChI is InChI=1S/C28H30Cl2F4N6/c1-37(15-19-2-4-22(25(31)12-19)28(32,33)34)26-17-39(16-21(26)20-3-5-23(29)24(30)13-20)18-38-8-10-40(11-9-38)27-14-35-6-7-36-27/h2-7,12-14,21,26H,8-11,15-18H2,1H3. The number of hydrogen-bond donors (Lipinski definition) is 0. The van der Waals surface area contributed by atoms with Crippen LogP contribution in [-0.2, 0) is 12.7 Å². The SMILES string of the molecule is CN(Cc1ccc(C(F)(F)F)c(F)c1)C1CN(CN2CCN(c3cnccn3)CC2)CC1c1ccc(Cl)c(Cl)c1. The summed E-state index contributed by atoms with van der Waals surface area (Å²) in [5.41, 5.74) is 0.276. The van der Waals surface area contributed by atoms with E-state index in [9.17, 15) is 17.6 Å². The Kier molecular flexibility index (Phi) is 8.82. The molecule has 3 heterocycles. The van der Waals surface area contributed by atoms with Gasteiger partial charge in [0.25, 0.3) is 0 Å². The molecule has 2 saturated heterocycles. The zero-order valence-electron chi connectivity index (χ0n) is 22.0. The molecule has 12 heteroatoms.